The van der Waals surface area contributed by atoms with Gasteiger partial charge in [0.1, 0.15) is 0 Å². The number of aromatic amines is 1. The minimum Gasteiger partial charge on any atom is -0.353 e. The van der Waals surface area contributed by atoms with Crippen molar-refractivity contribution in [2.24, 2.45) is 0 Å². The predicted octanol–water partition coefficient (Wildman–Crippen LogP) is 12.1. The summed E-state index contributed by atoms with van der Waals surface area (Å²) in [5.74, 6) is 0. The number of nitrogens with one attached hydrogen (secondary N) is 1. The lowest BCUT2D eigenvalue weighted by Gasteiger charge is -2.25. The summed E-state index contributed by atoms with van der Waals surface area (Å²) < 4.78 is 5.37. The molecule has 0 saturated carbocycles. The van der Waals surface area contributed by atoms with Crippen molar-refractivity contribution in [1.82, 2.24) is 4.98 Å². The zero-order valence-electron chi connectivity index (χ0n) is 22.4. The highest BCUT2D eigenvalue weighted by molar-refractivity contribution is 7.27. The fourth-order valence-corrected chi connectivity index (χ4v) is 9.28. The summed E-state index contributed by atoms with van der Waals surface area (Å²) in [5, 5.41) is 10.7. The van der Waals surface area contributed by atoms with Crippen LogP contribution >= 0.6 is 22.7 Å². The Balaban J connectivity index is 1.26. The molecule has 196 valence electrons. The van der Waals surface area contributed by atoms with Crippen LogP contribution < -0.4 is 4.90 Å². The molecule has 7 aromatic carbocycles. The lowest BCUT2D eigenvalue weighted by atomic mass is 9.98. The van der Waals surface area contributed by atoms with Crippen LogP contribution in [0.25, 0.3) is 72.9 Å². The molecule has 3 aromatic heterocycles. The second-order valence-electron chi connectivity index (χ2n) is 11.0. The third-order valence-corrected chi connectivity index (χ3v) is 11.1. The monoisotopic (exact) mass is 570 g/mol. The first-order valence-electron chi connectivity index (χ1n) is 14.2. The van der Waals surface area contributed by atoms with Gasteiger partial charge >= 0.3 is 0 Å². The molecule has 0 spiro atoms. The summed E-state index contributed by atoms with van der Waals surface area (Å²) >= 11 is 3.80. The molecule has 10 aromatic rings. The molecule has 10 rings (SSSR count). The van der Waals surface area contributed by atoms with Crippen molar-refractivity contribution < 1.29 is 0 Å². The van der Waals surface area contributed by atoms with Crippen LogP contribution in [0.3, 0.4) is 0 Å². The molecule has 42 heavy (non-hydrogen) atoms. The number of benzene rings is 7. The first-order chi connectivity index (χ1) is 20.8. The Morgan fingerprint density at radius 2 is 1.14 bits per heavy atom. The van der Waals surface area contributed by atoms with E-state index in [0.717, 1.165) is 17.1 Å². The van der Waals surface area contributed by atoms with Crippen LogP contribution in [0.1, 0.15) is 0 Å². The third kappa shape index (κ3) is 3.03. The summed E-state index contributed by atoms with van der Waals surface area (Å²) in [4.78, 5) is 6.25. The Bertz CT molecular complexity index is 2580. The molecule has 2 nitrogen and oxygen atoms in total. The van der Waals surface area contributed by atoms with Crippen molar-refractivity contribution in [3.8, 4) is 0 Å². The zero-order chi connectivity index (χ0) is 27.4. The number of para-hydroxylation sites is 2. The van der Waals surface area contributed by atoms with Crippen molar-refractivity contribution in [2.45, 2.75) is 0 Å². The number of nitrogens with zero attached hydrogens (tertiary/aromatic N) is 1. The molecule has 0 radical (unpaired) electrons. The third-order valence-electron chi connectivity index (χ3n) is 8.71. The number of rotatable bonds is 3. The van der Waals surface area contributed by atoms with Gasteiger partial charge < -0.3 is 9.88 Å². The minimum absolute atomic E-state index is 1.15. The summed E-state index contributed by atoms with van der Waals surface area (Å²) in [7, 11) is 0. The highest BCUT2D eigenvalue weighted by atomic mass is 32.1. The lowest BCUT2D eigenvalue weighted by molar-refractivity contribution is 1.29. The predicted molar refractivity (Wildman–Crippen MR) is 185 cm³/mol. The minimum atomic E-state index is 1.15. The van der Waals surface area contributed by atoms with Crippen LogP contribution in [0.15, 0.2) is 127 Å². The molecule has 0 atom stereocenters. The Kier molecular flexibility index (Phi) is 4.51. The summed E-state index contributed by atoms with van der Waals surface area (Å²) in [6, 6.07) is 46.5. The van der Waals surface area contributed by atoms with E-state index in [1.165, 1.54) is 72.9 Å². The fourth-order valence-electron chi connectivity index (χ4n) is 6.90. The van der Waals surface area contributed by atoms with Gasteiger partial charge in [0, 0.05) is 74.4 Å². The first-order valence-corrected chi connectivity index (χ1v) is 15.8. The van der Waals surface area contributed by atoms with Gasteiger partial charge in [-0.05, 0) is 66.0 Å². The van der Waals surface area contributed by atoms with Crippen LogP contribution in [0.4, 0.5) is 17.1 Å². The molecule has 0 aliphatic heterocycles. The highest BCUT2D eigenvalue weighted by Crippen LogP contribution is 2.48. The SMILES string of the molecule is c1ccc(N(c2ccccc2)c2ccc3sc4c(cc5ccc6c7sc8ccccc8c7cc7[nH]c4c5c76)c3c2)cc1. The van der Waals surface area contributed by atoms with Crippen LogP contribution in [0.5, 0.6) is 0 Å². The second-order valence-corrected chi connectivity index (χ2v) is 13.1. The number of aromatic nitrogens is 1. The molecule has 0 saturated heterocycles. The Morgan fingerprint density at radius 1 is 0.452 bits per heavy atom. The van der Waals surface area contributed by atoms with Gasteiger partial charge in [-0.25, -0.2) is 0 Å². The largest absolute Gasteiger partial charge is 0.353 e. The van der Waals surface area contributed by atoms with Crippen LogP contribution in [0.2, 0.25) is 0 Å². The van der Waals surface area contributed by atoms with Gasteiger partial charge in [-0.3, -0.25) is 0 Å². The van der Waals surface area contributed by atoms with E-state index in [1.54, 1.807) is 0 Å². The number of fused-ring (bicyclic) bond motifs is 8. The first kappa shape index (κ1) is 22.8. The smallest absolute Gasteiger partial charge is 0.0652 e. The van der Waals surface area contributed by atoms with E-state index >= 15 is 0 Å². The number of hydrogen-bond donors (Lipinski definition) is 1. The number of hydrogen-bond acceptors (Lipinski definition) is 3. The van der Waals surface area contributed by atoms with E-state index in [9.17, 15) is 0 Å². The summed E-state index contributed by atoms with van der Waals surface area (Å²) in [6.07, 6.45) is 0. The van der Waals surface area contributed by atoms with Crippen LogP contribution in [-0.4, -0.2) is 4.98 Å². The number of anilines is 3. The number of H-pyrrole nitrogens is 1. The maximum atomic E-state index is 3.90. The molecule has 0 unspecified atom stereocenters. The van der Waals surface area contributed by atoms with E-state index in [0.29, 0.717) is 0 Å². The summed E-state index contributed by atoms with van der Waals surface area (Å²) in [5.41, 5.74) is 5.95. The maximum Gasteiger partial charge on any atom is 0.0652 e. The zero-order valence-corrected chi connectivity index (χ0v) is 24.0. The van der Waals surface area contributed by atoms with E-state index in [2.05, 4.69) is 137 Å². The van der Waals surface area contributed by atoms with Crippen LogP contribution in [-0.2, 0) is 0 Å². The molecule has 4 heteroatoms. The van der Waals surface area contributed by atoms with Gasteiger partial charge in [-0.2, -0.15) is 0 Å². The van der Waals surface area contributed by atoms with E-state index in [4.69, 9.17) is 0 Å². The van der Waals surface area contributed by atoms with Gasteiger partial charge in [0.05, 0.1) is 10.2 Å². The van der Waals surface area contributed by atoms with E-state index in [1.807, 2.05) is 22.7 Å². The van der Waals surface area contributed by atoms with E-state index < -0.39 is 0 Å². The Hall–Kier alpha value is -4.90. The molecular weight excluding hydrogens is 549 g/mol. The van der Waals surface area contributed by atoms with Gasteiger partial charge in [0.15, 0.2) is 0 Å². The lowest BCUT2D eigenvalue weighted by Crippen LogP contribution is -2.09. The molecule has 0 bridgehead atoms. The molecule has 0 amide bonds. The molecule has 0 aliphatic rings. The van der Waals surface area contributed by atoms with Crippen molar-refractivity contribution >= 4 is 113 Å². The summed E-state index contributed by atoms with van der Waals surface area (Å²) in [6.45, 7) is 0. The molecular formula is C38H22N2S2. The van der Waals surface area contributed by atoms with Crippen molar-refractivity contribution in [3.05, 3.63) is 127 Å². The molecule has 0 aliphatic carbocycles. The second kappa shape index (κ2) is 8.32. The van der Waals surface area contributed by atoms with Gasteiger partial charge in [0.25, 0.3) is 0 Å². The Labute approximate surface area is 249 Å². The Morgan fingerprint density at radius 3 is 1.95 bits per heavy atom. The van der Waals surface area contributed by atoms with Crippen molar-refractivity contribution in [3.63, 3.8) is 0 Å². The van der Waals surface area contributed by atoms with Crippen molar-refractivity contribution in [2.75, 3.05) is 4.90 Å². The van der Waals surface area contributed by atoms with Gasteiger partial charge in [-0.1, -0.05) is 66.7 Å². The van der Waals surface area contributed by atoms with Crippen molar-refractivity contribution in [1.29, 1.82) is 0 Å². The molecule has 3 heterocycles. The topological polar surface area (TPSA) is 19.0 Å². The number of thiophene rings is 2. The van der Waals surface area contributed by atoms with E-state index in [-0.39, 0.29) is 0 Å². The maximum absolute atomic E-state index is 3.90. The highest BCUT2D eigenvalue weighted by Gasteiger charge is 2.21. The quantitative estimate of drug-likeness (QED) is 0.209. The van der Waals surface area contributed by atoms with Gasteiger partial charge in [-0.15, -0.1) is 22.7 Å². The standard InChI is InChI=1S/C38H22N2S2/c1-3-9-23(10-4-1)40(24-11-5-2-6-12-24)25-16-18-33-28(20-25)29-19-22-15-17-27-35-31(39-36(34(22)35)38(29)42-33)21-30-26-13-7-8-14-32(26)41-37(27)30/h1-21,39H. The average Bonchev–Trinajstić information content (AvgIpc) is 3.73. The average molecular weight is 571 g/mol. The fraction of sp³-hybridized carbons (Fsp3) is 0. The van der Waals surface area contributed by atoms with Gasteiger partial charge in [0.2, 0.25) is 0 Å². The molecule has 0 fully saturated rings. The normalized spacial score (nSPS) is 12.3. The molecule has 1 N–H and O–H groups in total. The van der Waals surface area contributed by atoms with Crippen LogP contribution in [0, 0.1) is 0 Å².